The van der Waals surface area contributed by atoms with Crippen molar-refractivity contribution in [1.82, 2.24) is 0 Å². The normalized spacial score (nSPS) is 17.6. The van der Waals surface area contributed by atoms with Crippen molar-refractivity contribution < 1.29 is 17.9 Å². The fourth-order valence-electron chi connectivity index (χ4n) is 2.46. The zero-order valence-electron chi connectivity index (χ0n) is 11.4. The molecule has 1 aliphatic heterocycles. The van der Waals surface area contributed by atoms with E-state index in [-0.39, 0.29) is 0 Å². The molecule has 2 aromatic rings. The van der Waals surface area contributed by atoms with Crippen molar-refractivity contribution in [3.63, 3.8) is 0 Å². The average molecular weight is 293 g/mol. The van der Waals surface area contributed by atoms with Crippen molar-refractivity contribution in [2.75, 3.05) is 11.9 Å². The summed E-state index contributed by atoms with van der Waals surface area (Å²) in [7, 11) is 0. The molecule has 0 aromatic heterocycles. The lowest BCUT2D eigenvalue weighted by molar-refractivity contribution is -0.137. The van der Waals surface area contributed by atoms with Crippen molar-refractivity contribution in [1.29, 1.82) is 0 Å². The molecule has 0 fully saturated rings. The Morgan fingerprint density at radius 2 is 1.90 bits per heavy atom. The first kappa shape index (κ1) is 13.8. The summed E-state index contributed by atoms with van der Waals surface area (Å²) in [6.07, 6.45) is -4.77. The summed E-state index contributed by atoms with van der Waals surface area (Å²) in [5, 5.41) is 3.23. The predicted molar refractivity (Wildman–Crippen MR) is 74.5 cm³/mol. The van der Waals surface area contributed by atoms with Gasteiger partial charge in [-0.05, 0) is 36.2 Å². The quantitative estimate of drug-likeness (QED) is 0.832. The molecule has 1 unspecified atom stereocenters. The van der Waals surface area contributed by atoms with Gasteiger partial charge in [0.25, 0.3) is 0 Å². The van der Waals surface area contributed by atoms with Gasteiger partial charge in [0.1, 0.15) is 11.9 Å². The minimum absolute atomic E-state index is 0.429. The van der Waals surface area contributed by atoms with E-state index < -0.39 is 17.8 Å². The molecule has 0 amide bonds. The van der Waals surface area contributed by atoms with Crippen LogP contribution in [-0.4, -0.2) is 6.54 Å². The van der Waals surface area contributed by atoms with Gasteiger partial charge in [0.05, 0.1) is 17.8 Å². The van der Waals surface area contributed by atoms with Crippen LogP contribution < -0.4 is 10.1 Å². The molecule has 0 spiro atoms. The van der Waals surface area contributed by atoms with Gasteiger partial charge in [-0.25, -0.2) is 0 Å². The van der Waals surface area contributed by atoms with E-state index in [1.807, 2.05) is 25.1 Å². The Kier molecular flexibility index (Phi) is 3.27. The molecule has 0 aliphatic carbocycles. The lowest BCUT2D eigenvalue weighted by atomic mass is 10.0. The third-order valence-corrected chi connectivity index (χ3v) is 3.55. The van der Waals surface area contributed by atoms with Crippen LogP contribution in [0.15, 0.2) is 42.5 Å². The second kappa shape index (κ2) is 4.98. The van der Waals surface area contributed by atoms with Crippen molar-refractivity contribution >= 4 is 5.69 Å². The molecule has 21 heavy (non-hydrogen) atoms. The number of hydrogen-bond acceptors (Lipinski definition) is 2. The topological polar surface area (TPSA) is 21.3 Å². The monoisotopic (exact) mass is 293 g/mol. The zero-order valence-corrected chi connectivity index (χ0v) is 11.4. The molecule has 5 heteroatoms. The van der Waals surface area contributed by atoms with E-state index >= 15 is 0 Å². The molecule has 0 bridgehead atoms. The number of nitrogens with one attached hydrogen (secondary N) is 1. The Bertz CT molecular complexity index is 667. The second-order valence-corrected chi connectivity index (χ2v) is 5.06. The number of halogens is 3. The molecule has 0 radical (unpaired) electrons. The summed E-state index contributed by atoms with van der Waals surface area (Å²) >= 11 is 0. The molecular formula is C16H14F3NO. The van der Waals surface area contributed by atoms with E-state index in [0.717, 1.165) is 23.4 Å². The van der Waals surface area contributed by atoms with Gasteiger partial charge >= 0.3 is 6.18 Å². The number of para-hydroxylation sites is 1. The van der Waals surface area contributed by atoms with E-state index in [2.05, 4.69) is 5.32 Å². The van der Waals surface area contributed by atoms with Crippen LogP contribution in [0.5, 0.6) is 5.75 Å². The second-order valence-electron chi connectivity index (χ2n) is 5.06. The van der Waals surface area contributed by atoms with Crippen LogP contribution in [0.3, 0.4) is 0 Å². The van der Waals surface area contributed by atoms with Gasteiger partial charge < -0.3 is 10.1 Å². The van der Waals surface area contributed by atoms with E-state index in [1.165, 1.54) is 6.07 Å². The number of alkyl halides is 3. The van der Waals surface area contributed by atoms with Gasteiger partial charge in [0.15, 0.2) is 0 Å². The minimum Gasteiger partial charge on any atom is -0.482 e. The van der Waals surface area contributed by atoms with Gasteiger partial charge in [-0.15, -0.1) is 0 Å². The highest BCUT2D eigenvalue weighted by Crippen LogP contribution is 2.37. The van der Waals surface area contributed by atoms with Crippen LogP contribution in [-0.2, 0) is 6.18 Å². The number of hydrogen-bond donors (Lipinski definition) is 1. The Morgan fingerprint density at radius 3 is 2.67 bits per heavy atom. The molecule has 1 aliphatic rings. The molecule has 1 atom stereocenters. The standard InChI is InChI=1S/C16H14F3NO/c1-10-4-2-7-13-15(10)20-9-14(21-13)11-5-3-6-12(8-11)16(17,18)19/h2-8,14,20H,9H2,1H3. The number of ether oxygens (including phenoxy) is 1. The van der Waals surface area contributed by atoms with Crippen molar-refractivity contribution in [2.45, 2.75) is 19.2 Å². The van der Waals surface area contributed by atoms with E-state index in [1.54, 1.807) is 6.07 Å². The van der Waals surface area contributed by atoms with Gasteiger partial charge in [-0.1, -0.05) is 24.3 Å². The number of benzene rings is 2. The Morgan fingerprint density at radius 1 is 1.14 bits per heavy atom. The van der Waals surface area contributed by atoms with Crippen molar-refractivity contribution in [3.8, 4) is 5.75 Å². The molecular weight excluding hydrogens is 279 g/mol. The summed E-state index contributed by atoms with van der Waals surface area (Å²) in [5.74, 6) is 0.670. The third kappa shape index (κ3) is 2.68. The summed E-state index contributed by atoms with van der Waals surface area (Å²) in [6, 6.07) is 10.9. The number of rotatable bonds is 1. The summed E-state index contributed by atoms with van der Waals surface area (Å²) in [4.78, 5) is 0. The van der Waals surface area contributed by atoms with Crippen LogP contribution in [0.1, 0.15) is 22.8 Å². The SMILES string of the molecule is Cc1cccc2c1NCC(c1cccc(C(F)(F)F)c1)O2. The predicted octanol–water partition coefficient (Wildman–Crippen LogP) is 4.56. The maximum Gasteiger partial charge on any atom is 0.416 e. The Hall–Kier alpha value is -2.17. The average Bonchev–Trinajstić information content (AvgIpc) is 2.46. The smallest absolute Gasteiger partial charge is 0.416 e. The molecule has 1 heterocycles. The summed E-state index contributed by atoms with van der Waals surface area (Å²) < 4.78 is 44.1. The first-order valence-electron chi connectivity index (χ1n) is 6.62. The molecule has 1 N–H and O–H groups in total. The van der Waals surface area contributed by atoms with Crippen LogP contribution >= 0.6 is 0 Å². The lowest BCUT2D eigenvalue weighted by Crippen LogP contribution is -2.24. The fourth-order valence-corrected chi connectivity index (χ4v) is 2.46. The molecule has 2 aromatic carbocycles. The van der Waals surface area contributed by atoms with Gasteiger partial charge in [0.2, 0.25) is 0 Å². The summed E-state index contributed by atoms with van der Waals surface area (Å²) in [5.41, 5.74) is 1.82. The fraction of sp³-hybridized carbons (Fsp3) is 0.250. The zero-order chi connectivity index (χ0) is 15.0. The maximum atomic E-state index is 12.8. The largest absolute Gasteiger partial charge is 0.482 e. The van der Waals surface area contributed by atoms with Crippen LogP contribution in [0.2, 0.25) is 0 Å². The van der Waals surface area contributed by atoms with Gasteiger partial charge in [-0.2, -0.15) is 13.2 Å². The van der Waals surface area contributed by atoms with Gasteiger partial charge in [0, 0.05) is 0 Å². The van der Waals surface area contributed by atoms with Crippen LogP contribution in [0.25, 0.3) is 0 Å². The maximum absolute atomic E-state index is 12.8. The van der Waals surface area contributed by atoms with Crippen LogP contribution in [0.4, 0.5) is 18.9 Å². The highest BCUT2D eigenvalue weighted by Gasteiger charge is 2.31. The summed E-state index contributed by atoms with van der Waals surface area (Å²) in [6.45, 7) is 2.40. The molecule has 0 saturated carbocycles. The third-order valence-electron chi connectivity index (χ3n) is 3.55. The minimum atomic E-state index is -4.34. The molecule has 0 saturated heterocycles. The van der Waals surface area contributed by atoms with Crippen molar-refractivity contribution in [3.05, 3.63) is 59.2 Å². The first-order chi connectivity index (χ1) is 9.95. The van der Waals surface area contributed by atoms with Gasteiger partial charge in [-0.3, -0.25) is 0 Å². The lowest BCUT2D eigenvalue weighted by Gasteiger charge is -2.29. The number of anilines is 1. The van der Waals surface area contributed by atoms with E-state index in [4.69, 9.17) is 4.74 Å². The van der Waals surface area contributed by atoms with E-state index in [0.29, 0.717) is 17.9 Å². The molecule has 3 rings (SSSR count). The molecule has 110 valence electrons. The van der Waals surface area contributed by atoms with Crippen LogP contribution in [0, 0.1) is 6.92 Å². The highest BCUT2D eigenvalue weighted by atomic mass is 19.4. The number of aryl methyl sites for hydroxylation is 1. The van der Waals surface area contributed by atoms with E-state index in [9.17, 15) is 13.2 Å². The first-order valence-corrected chi connectivity index (χ1v) is 6.62. The molecule has 2 nitrogen and oxygen atoms in total. The highest BCUT2D eigenvalue weighted by molar-refractivity contribution is 5.63. The number of fused-ring (bicyclic) bond motifs is 1. The Labute approximate surface area is 120 Å². The Balaban J connectivity index is 1.90. The van der Waals surface area contributed by atoms with Crippen molar-refractivity contribution in [2.24, 2.45) is 0 Å².